The van der Waals surface area contributed by atoms with Crippen LogP contribution in [0.3, 0.4) is 0 Å². The first-order valence-corrected chi connectivity index (χ1v) is 29.0. The highest BCUT2D eigenvalue weighted by Crippen LogP contribution is 2.46. The first-order valence-electron chi connectivity index (χ1n) is 29.0. The Morgan fingerprint density at radius 3 is 1.34 bits per heavy atom. The first kappa shape index (κ1) is 59.7. The van der Waals surface area contributed by atoms with Gasteiger partial charge in [-0.15, -0.1) is 0 Å². The highest BCUT2D eigenvalue weighted by Gasteiger charge is 2.33. The third-order valence-electron chi connectivity index (χ3n) is 15.2. The van der Waals surface area contributed by atoms with Crippen LogP contribution in [0, 0.1) is 6.92 Å². The molecule has 0 saturated carbocycles. The van der Waals surface area contributed by atoms with Crippen LogP contribution in [0.15, 0.2) is 183 Å². The number of aromatic nitrogens is 4. The van der Waals surface area contributed by atoms with Gasteiger partial charge in [0.1, 0.15) is 0 Å². The van der Waals surface area contributed by atoms with Crippen molar-refractivity contribution in [1.29, 1.82) is 0 Å². The number of amides is 6. The van der Waals surface area contributed by atoms with Gasteiger partial charge < -0.3 is 40.1 Å². The molecule has 19 nitrogen and oxygen atoms in total. The van der Waals surface area contributed by atoms with Crippen molar-refractivity contribution >= 4 is 41.6 Å². The van der Waals surface area contributed by atoms with Crippen LogP contribution in [-0.2, 0) is 57.5 Å². The molecule has 3 N–H and O–H groups in total. The van der Waals surface area contributed by atoms with E-state index in [2.05, 4.69) is 35.9 Å². The van der Waals surface area contributed by atoms with Gasteiger partial charge in [0.2, 0.25) is 29.5 Å². The summed E-state index contributed by atoms with van der Waals surface area (Å²) in [6, 6.07) is 45.3. The van der Waals surface area contributed by atoms with Crippen LogP contribution in [0.4, 0.5) is 4.79 Å². The number of nitrogens with zero attached hydrogens (tertiary/aromatic N) is 7. The predicted molar refractivity (Wildman–Crippen MR) is 325 cm³/mol. The normalized spacial score (nSPS) is 11.9. The van der Waals surface area contributed by atoms with Crippen molar-refractivity contribution in [2.24, 2.45) is 0 Å². The van der Waals surface area contributed by atoms with E-state index in [1.807, 2.05) is 116 Å². The lowest BCUT2D eigenvalue weighted by atomic mass is 10.1. The summed E-state index contributed by atoms with van der Waals surface area (Å²) in [7, 11) is 0. The van der Waals surface area contributed by atoms with E-state index >= 15 is 0 Å². The molecule has 0 saturated heterocycles. The number of pyridine rings is 4. The van der Waals surface area contributed by atoms with Crippen LogP contribution in [0.1, 0.15) is 69.6 Å². The molecule has 4 aromatic heterocycles. The van der Waals surface area contributed by atoms with Gasteiger partial charge in [-0.05, 0) is 106 Å². The number of esters is 1. The molecule has 442 valence electrons. The van der Waals surface area contributed by atoms with Gasteiger partial charge in [0, 0.05) is 112 Å². The van der Waals surface area contributed by atoms with Crippen LogP contribution in [0.25, 0.3) is 33.6 Å². The smallest absolute Gasteiger partial charge is 0.408 e. The Kier molecular flexibility index (Phi) is 19.8. The standard InChI is InChI=1S/C68H66N10O9/c1-46-20-30-71-58(39-46)59-40-49(25-31-72-59)43-62(81)76(36-32-73-60(79)44-77(63(82)41-47-21-26-69-27-22-47)35-10-19-65(84)86-66-54-15-6-2-11-50(54)51-12-3-7-16-55(51)66)37-33-74-61(80)45-78(64(83)42-48-23-28-70-29-24-48)38-34-75-68(85)87-67-56-17-8-4-13-52(56)53-14-5-9-18-57(53)67/h2-9,11-18,20-31,39-40,66-67H,10,19,32-38,41-45H2,1H3,(H,73,79)(H,74,80)(H,75,85). The van der Waals surface area contributed by atoms with Crippen molar-refractivity contribution < 1.29 is 43.0 Å². The highest BCUT2D eigenvalue weighted by atomic mass is 16.6. The van der Waals surface area contributed by atoms with Crippen molar-refractivity contribution in [3.63, 3.8) is 0 Å². The summed E-state index contributed by atoms with van der Waals surface area (Å²) in [5, 5.41) is 8.50. The summed E-state index contributed by atoms with van der Waals surface area (Å²) in [5.74, 6) is -2.45. The molecule has 87 heavy (non-hydrogen) atoms. The molecule has 8 aromatic rings. The molecule has 0 fully saturated rings. The Balaban J connectivity index is 0.768. The molecule has 10 rings (SSSR count). The molecule has 19 heteroatoms. The lowest BCUT2D eigenvalue weighted by Gasteiger charge is -2.26. The second-order valence-corrected chi connectivity index (χ2v) is 21.3. The Bertz CT molecular complexity index is 3490. The molecule has 0 unspecified atom stereocenters. The van der Waals surface area contributed by atoms with Crippen LogP contribution >= 0.6 is 0 Å². The molecule has 2 aliphatic rings. The van der Waals surface area contributed by atoms with Gasteiger partial charge in [-0.3, -0.25) is 48.7 Å². The lowest BCUT2D eigenvalue weighted by molar-refractivity contribution is -0.148. The van der Waals surface area contributed by atoms with Crippen molar-refractivity contribution in [1.82, 2.24) is 50.6 Å². The predicted octanol–water partition coefficient (Wildman–Crippen LogP) is 7.58. The number of carbonyl (C=O) groups excluding carboxylic acids is 7. The lowest BCUT2D eigenvalue weighted by Crippen LogP contribution is -2.48. The fourth-order valence-corrected chi connectivity index (χ4v) is 10.8. The quantitative estimate of drug-likeness (QED) is 0.0444. The Hall–Kier alpha value is -10.4. The van der Waals surface area contributed by atoms with Crippen molar-refractivity contribution in [3.8, 4) is 33.6 Å². The minimum Gasteiger partial charge on any atom is -0.452 e. The average molecular weight is 1170 g/mol. The van der Waals surface area contributed by atoms with Gasteiger partial charge in [0.05, 0.1) is 43.7 Å². The summed E-state index contributed by atoms with van der Waals surface area (Å²) in [6.07, 6.45) is 7.88. The maximum atomic E-state index is 14.3. The minimum absolute atomic E-state index is 0.00414. The van der Waals surface area contributed by atoms with E-state index < -0.39 is 36.1 Å². The Morgan fingerprint density at radius 2 is 0.839 bits per heavy atom. The van der Waals surface area contributed by atoms with Crippen molar-refractivity contribution in [2.75, 3.05) is 58.9 Å². The largest absolute Gasteiger partial charge is 0.452 e. The molecule has 0 aliphatic heterocycles. The van der Waals surface area contributed by atoms with E-state index in [4.69, 9.17) is 9.47 Å². The number of nitrogens with one attached hydrogen (secondary N) is 3. The second-order valence-electron chi connectivity index (χ2n) is 21.3. The molecule has 0 bridgehead atoms. The SMILES string of the molecule is Cc1ccnc(-c2cc(CC(=O)N(CCNC(=O)CN(CCCC(=O)OC3c4ccccc4-c4ccccc43)C(=O)Cc3ccncc3)CCNC(=O)CN(CCNC(=O)OC3c4ccccc4-c4ccccc43)C(=O)Cc3ccncc3)ccn2)c1. The average Bonchev–Trinajstić information content (AvgIpc) is 3.31. The topological polar surface area (TPSA) is 235 Å². The zero-order chi connectivity index (χ0) is 60.5. The molecular formula is C68H66N10O9. The van der Waals surface area contributed by atoms with E-state index in [0.717, 1.165) is 50.1 Å². The number of rotatable bonds is 26. The van der Waals surface area contributed by atoms with Gasteiger partial charge in [0.25, 0.3) is 0 Å². The number of hydrogen-bond donors (Lipinski definition) is 3. The zero-order valence-electron chi connectivity index (χ0n) is 48.2. The number of carbonyl (C=O) groups is 7. The number of aryl methyl sites for hydroxylation is 1. The van der Waals surface area contributed by atoms with Gasteiger partial charge >= 0.3 is 12.1 Å². The highest BCUT2D eigenvalue weighted by molar-refractivity contribution is 5.88. The molecule has 6 amide bonds. The van der Waals surface area contributed by atoms with Crippen LogP contribution in [0.5, 0.6) is 0 Å². The molecule has 4 heterocycles. The van der Waals surface area contributed by atoms with E-state index in [1.54, 1.807) is 73.6 Å². The molecular weight excluding hydrogens is 1100 g/mol. The number of ether oxygens (including phenoxy) is 2. The second kappa shape index (κ2) is 28.9. The fraction of sp³-hybridized carbons (Fsp3) is 0.250. The zero-order valence-corrected chi connectivity index (χ0v) is 48.2. The van der Waals surface area contributed by atoms with Gasteiger partial charge in [0.15, 0.2) is 12.2 Å². The fourth-order valence-electron chi connectivity index (χ4n) is 10.8. The van der Waals surface area contributed by atoms with E-state index in [9.17, 15) is 33.6 Å². The first-order chi connectivity index (χ1) is 42.4. The molecule has 2 aliphatic carbocycles. The van der Waals surface area contributed by atoms with Crippen LogP contribution in [-0.4, -0.2) is 135 Å². The molecule has 0 atom stereocenters. The number of alkyl carbamates (subject to hydrolysis) is 1. The maximum absolute atomic E-state index is 14.3. The monoisotopic (exact) mass is 1170 g/mol. The third kappa shape index (κ3) is 15.7. The van der Waals surface area contributed by atoms with Gasteiger partial charge in [-0.2, -0.15) is 0 Å². The van der Waals surface area contributed by atoms with E-state index in [1.165, 1.54) is 14.7 Å². The summed E-state index contributed by atoms with van der Waals surface area (Å²) < 4.78 is 12.0. The van der Waals surface area contributed by atoms with Crippen molar-refractivity contribution in [3.05, 3.63) is 227 Å². The summed E-state index contributed by atoms with van der Waals surface area (Å²) in [5.41, 5.74) is 11.8. The summed E-state index contributed by atoms with van der Waals surface area (Å²) in [6.45, 7) is 1.33. The van der Waals surface area contributed by atoms with Crippen LogP contribution < -0.4 is 16.0 Å². The Morgan fingerprint density at radius 1 is 0.437 bits per heavy atom. The molecule has 0 radical (unpaired) electrons. The number of fused-ring (bicyclic) bond motifs is 6. The van der Waals surface area contributed by atoms with Gasteiger partial charge in [-0.1, -0.05) is 97.1 Å². The maximum Gasteiger partial charge on any atom is 0.408 e. The van der Waals surface area contributed by atoms with Gasteiger partial charge in [-0.25, -0.2) is 4.79 Å². The Labute approximate surface area is 504 Å². The minimum atomic E-state index is -0.687. The van der Waals surface area contributed by atoms with E-state index in [0.29, 0.717) is 28.1 Å². The summed E-state index contributed by atoms with van der Waals surface area (Å²) in [4.78, 5) is 118. The van der Waals surface area contributed by atoms with E-state index in [-0.39, 0.29) is 109 Å². The number of benzene rings is 4. The van der Waals surface area contributed by atoms with Crippen LogP contribution in [0.2, 0.25) is 0 Å². The molecule has 4 aromatic carbocycles. The van der Waals surface area contributed by atoms with Crippen molar-refractivity contribution in [2.45, 2.75) is 51.2 Å². The molecule has 0 spiro atoms. The third-order valence-corrected chi connectivity index (χ3v) is 15.2. The summed E-state index contributed by atoms with van der Waals surface area (Å²) >= 11 is 0. The number of hydrogen-bond acceptors (Lipinski definition) is 13.